The van der Waals surface area contributed by atoms with Crippen LogP contribution in [-0.4, -0.2) is 13.4 Å². The zero-order chi connectivity index (χ0) is 12.9. The first-order valence-corrected chi connectivity index (χ1v) is 7.03. The molecule has 1 aliphatic carbocycles. The van der Waals surface area contributed by atoms with Gasteiger partial charge in [-0.1, -0.05) is 4.90 Å². The van der Waals surface area contributed by atoms with Gasteiger partial charge in [-0.2, -0.15) is 0 Å². The Morgan fingerprint density at radius 2 is 2.21 bits per heavy atom. The van der Waals surface area contributed by atoms with Crippen molar-refractivity contribution in [2.45, 2.75) is 37.6 Å². The highest BCUT2D eigenvalue weighted by Crippen LogP contribution is 2.49. The van der Waals surface area contributed by atoms with Crippen molar-refractivity contribution in [2.24, 2.45) is 4.99 Å². The number of ether oxygens (including phenoxy) is 1. The van der Waals surface area contributed by atoms with Crippen LogP contribution in [0, 0.1) is 0 Å². The summed E-state index contributed by atoms with van der Waals surface area (Å²) in [7, 11) is 1.74. The molecule has 4 rings (SSSR count). The lowest BCUT2D eigenvalue weighted by Gasteiger charge is -2.33. The number of aliphatic imine (C=N–C) groups is 1. The van der Waals surface area contributed by atoms with E-state index in [-0.39, 0.29) is 5.54 Å². The van der Waals surface area contributed by atoms with Crippen molar-refractivity contribution < 1.29 is 4.74 Å². The number of benzene rings is 1. The second-order valence-corrected chi connectivity index (χ2v) is 5.66. The van der Waals surface area contributed by atoms with Gasteiger partial charge in [0, 0.05) is 24.8 Å². The third kappa shape index (κ3) is 1.45. The van der Waals surface area contributed by atoms with E-state index < -0.39 is 0 Å². The Bertz CT molecular complexity index is 590. The molecule has 1 aromatic carbocycles. The molecule has 3 nitrogen and oxygen atoms in total. The summed E-state index contributed by atoms with van der Waals surface area (Å²) in [6.07, 6.45) is 10.0. The SMILES string of the molecule is COc1ccc2c(c1)CCC21CCCC2=CN=C[N+]21. The van der Waals surface area contributed by atoms with Gasteiger partial charge in [-0.25, -0.2) is 4.99 Å². The maximum atomic E-state index is 5.35. The topological polar surface area (TPSA) is 27.5 Å². The predicted molar refractivity (Wildman–Crippen MR) is 75.6 cm³/mol. The fraction of sp³-hybridized carbons (Fsp3) is 0.438. The van der Waals surface area contributed by atoms with E-state index in [1.54, 1.807) is 7.11 Å². The van der Waals surface area contributed by atoms with Crippen LogP contribution >= 0.6 is 0 Å². The summed E-state index contributed by atoms with van der Waals surface area (Å²) < 4.78 is 5.35. The Balaban J connectivity index is 1.82. The van der Waals surface area contributed by atoms with Crippen LogP contribution in [-0.2, 0) is 12.0 Å². The van der Waals surface area contributed by atoms with E-state index in [2.05, 4.69) is 28.1 Å². The van der Waals surface area contributed by atoms with Gasteiger partial charge in [-0.05, 0) is 36.6 Å². The van der Waals surface area contributed by atoms with E-state index in [4.69, 9.17) is 4.74 Å². The Morgan fingerprint density at radius 1 is 1.26 bits per heavy atom. The summed E-state index contributed by atoms with van der Waals surface area (Å²) in [6, 6.07) is 6.56. The highest BCUT2D eigenvalue weighted by molar-refractivity contribution is 5.69. The van der Waals surface area contributed by atoms with Gasteiger partial charge in [0.2, 0.25) is 6.34 Å². The van der Waals surface area contributed by atoms with Gasteiger partial charge in [0.25, 0.3) is 0 Å². The fourth-order valence-corrected chi connectivity index (χ4v) is 3.92. The number of nitrogens with zero attached hydrogens (tertiary/aromatic N) is 2. The van der Waals surface area contributed by atoms with Gasteiger partial charge >= 0.3 is 0 Å². The summed E-state index contributed by atoms with van der Waals surface area (Å²) in [5, 5.41) is 0. The summed E-state index contributed by atoms with van der Waals surface area (Å²) in [5.41, 5.74) is 4.47. The Kier molecular flexibility index (Phi) is 2.33. The van der Waals surface area contributed by atoms with Crippen LogP contribution < -0.4 is 9.64 Å². The maximum Gasteiger partial charge on any atom is 0.245 e. The monoisotopic (exact) mass is 254 g/mol. The van der Waals surface area contributed by atoms with Gasteiger partial charge in [0.15, 0.2) is 11.2 Å². The predicted octanol–water partition coefficient (Wildman–Crippen LogP) is 3.04. The van der Waals surface area contributed by atoms with Crippen LogP contribution in [0.3, 0.4) is 0 Å². The first-order valence-electron chi connectivity index (χ1n) is 7.03. The molecule has 2 aliphatic heterocycles. The Morgan fingerprint density at radius 3 is 3.11 bits per heavy atom. The number of rotatable bonds is 1. The molecule has 1 fully saturated rings. The van der Waals surface area contributed by atoms with Crippen LogP contribution in [0.25, 0.3) is 0 Å². The highest BCUT2D eigenvalue weighted by atomic mass is 16.5. The first kappa shape index (κ1) is 11.2. The molecule has 1 spiro atoms. The lowest BCUT2D eigenvalue weighted by Crippen LogP contribution is -2.49. The average molecular weight is 254 g/mol. The van der Waals surface area contributed by atoms with Crippen LogP contribution in [0.4, 0.5) is 0 Å². The summed E-state index contributed by atoms with van der Waals surface area (Å²) in [6.45, 7) is 0. The lowest BCUT2D eigenvalue weighted by molar-refractivity contribution is 0.241. The molecule has 0 N–H and O–H groups in total. The largest absolute Gasteiger partial charge is 0.497 e. The number of piperidine rings is 1. The van der Waals surface area contributed by atoms with Crippen LogP contribution in [0.15, 0.2) is 35.1 Å². The molecule has 19 heavy (non-hydrogen) atoms. The van der Waals surface area contributed by atoms with Crippen molar-refractivity contribution in [3.05, 3.63) is 41.2 Å². The van der Waals surface area contributed by atoms with Crippen molar-refractivity contribution in [3.63, 3.8) is 0 Å². The maximum absolute atomic E-state index is 5.35. The zero-order valence-corrected chi connectivity index (χ0v) is 11.2. The third-order valence-electron chi connectivity index (χ3n) is 4.82. The molecule has 1 aromatic rings. The first-order chi connectivity index (χ1) is 9.33. The van der Waals surface area contributed by atoms with Crippen molar-refractivity contribution in [3.8, 4) is 5.75 Å². The molecule has 1 atom stereocenters. The molecule has 0 bridgehead atoms. The minimum Gasteiger partial charge on any atom is -0.497 e. The number of aryl methyl sites for hydroxylation is 1. The molecule has 1 saturated heterocycles. The summed E-state index contributed by atoms with van der Waals surface area (Å²) >= 11 is 0. The molecule has 3 aliphatic rings. The molecular weight excluding hydrogens is 236 g/mol. The van der Waals surface area contributed by atoms with E-state index in [9.17, 15) is 0 Å². The van der Waals surface area contributed by atoms with E-state index in [1.165, 1.54) is 36.1 Å². The van der Waals surface area contributed by atoms with Crippen LogP contribution in [0.2, 0.25) is 0 Å². The molecule has 1 unspecified atom stereocenters. The van der Waals surface area contributed by atoms with Gasteiger partial charge < -0.3 is 4.74 Å². The molecule has 0 saturated carbocycles. The number of hydrogen-bond acceptors (Lipinski definition) is 3. The molecule has 1 radical (unpaired) electrons. The molecule has 97 valence electrons. The fourth-order valence-electron chi connectivity index (χ4n) is 3.92. The highest BCUT2D eigenvalue weighted by Gasteiger charge is 2.55. The quantitative estimate of drug-likeness (QED) is 0.708. The minimum absolute atomic E-state index is 0.158. The molecule has 3 heteroatoms. The standard InChI is InChI=1S/C16H18N2O/c1-19-14-4-5-15-12(9-14)6-8-16(15)7-2-3-13-10-17-11-18(13)16/h4-5,9-11H,2-3,6-8H2,1H3/q+1. The zero-order valence-electron chi connectivity index (χ0n) is 11.2. The van der Waals surface area contributed by atoms with Gasteiger partial charge in [-0.15, -0.1) is 0 Å². The third-order valence-corrected chi connectivity index (χ3v) is 4.82. The van der Waals surface area contributed by atoms with E-state index >= 15 is 0 Å². The number of hydrogen-bond donors (Lipinski definition) is 0. The smallest absolute Gasteiger partial charge is 0.245 e. The van der Waals surface area contributed by atoms with Crippen molar-refractivity contribution >= 4 is 6.34 Å². The Labute approximate surface area is 113 Å². The average Bonchev–Trinajstić information content (AvgIpc) is 3.05. The van der Waals surface area contributed by atoms with Gasteiger partial charge in [-0.3, -0.25) is 0 Å². The van der Waals surface area contributed by atoms with Gasteiger partial charge in [0.1, 0.15) is 5.75 Å². The van der Waals surface area contributed by atoms with Crippen molar-refractivity contribution in [2.75, 3.05) is 7.11 Å². The minimum atomic E-state index is 0.158. The second-order valence-electron chi connectivity index (χ2n) is 5.66. The summed E-state index contributed by atoms with van der Waals surface area (Å²) in [4.78, 5) is 6.79. The number of methoxy groups -OCH3 is 1. The Hall–Kier alpha value is -1.61. The van der Waals surface area contributed by atoms with Crippen LogP contribution in [0.1, 0.15) is 36.8 Å². The van der Waals surface area contributed by atoms with E-state index in [0.29, 0.717) is 0 Å². The number of allylic oxidation sites excluding steroid dienone is 1. The van der Waals surface area contributed by atoms with E-state index in [0.717, 1.165) is 18.6 Å². The van der Waals surface area contributed by atoms with Gasteiger partial charge in [0.05, 0.1) is 13.3 Å². The molecule has 0 aromatic heterocycles. The molecule has 2 heterocycles. The van der Waals surface area contributed by atoms with E-state index in [1.807, 2.05) is 12.5 Å². The summed E-state index contributed by atoms with van der Waals surface area (Å²) in [5.74, 6) is 0.970. The lowest BCUT2D eigenvalue weighted by atomic mass is 9.81. The van der Waals surface area contributed by atoms with Crippen LogP contribution in [0.5, 0.6) is 5.75 Å². The molecular formula is C16H18N2O+. The molecule has 0 amide bonds. The second kappa shape index (κ2) is 3.94. The van der Waals surface area contributed by atoms with Crippen molar-refractivity contribution in [1.82, 2.24) is 4.90 Å². The van der Waals surface area contributed by atoms with Crippen molar-refractivity contribution in [1.29, 1.82) is 0 Å². The normalized spacial score (nSPS) is 28.4. The number of fused-ring (bicyclic) bond motifs is 4.